The van der Waals surface area contributed by atoms with Crippen molar-refractivity contribution in [2.75, 3.05) is 0 Å². The third kappa shape index (κ3) is 5.50. The van der Waals surface area contributed by atoms with Gasteiger partial charge in [0, 0.05) is 9.75 Å². The minimum atomic E-state index is -0.497. The SMILES string of the molecule is CCc1ccc(CNC(=O)[C@@H](N)Cc2ccccc2)s1.Cl. The number of hydrogen-bond donors (Lipinski definition) is 2. The van der Waals surface area contributed by atoms with Gasteiger partial charge in [0.05, 0.1) is 12.6 Å². The van der Waals surface area contributed by atoms with Gasteiger partial charge >= 0.3 is 0 Å². The van der Waals surface area contributed by atoms with Crippen molar-refractivity contribution in [3.05, 3.63) is 57.8 Å². The number of hydrogen-bond acceptors (Lipinski definition) is 3. The number of aryl methyl sites for hydroxylation is 1. The lowest BCUT2D eigenvalue weighted by molar-refractivity contribution is -0.122. The number of rotatable bonds is 6. The Labute approximate surface area is 136 Å². The summed E-state index contributed by atoms with van der Waals surface area (Å²) in [5, 5.41) is 2.90. The van der Waals surface area contributed by atoms with Crippen LogP contribution in [-0.2, 0) is 24.2 Å². The lowest BCUT2D eigenvalue weighted by Gasteiger charge is -2.11. The summed E-state index contributed by atoms with van der Waals surface area (Å²) in [5.74, 6) is -0.0969. The fourth-order valence-electron chi connectivity index (χ4n) is 1.97. The Balaban J connectivity index is 0.00000220. The first kappa shape index (κ1) is 17.7. The Bertz CT molecular complexity index is 556. The smallest absolute Gasteiger partial charge is 0.237 e. The maximum Gasteiger partial charge on any atom is 0.237 e. The molecule has 1 amide bonds. The molecule has 0 saturated heterocycles. The number of carbonyl (C=O) groups excluding carboxylic acids is 1. The summed E-state index contributed by atoms with van der Waals surface area (Å²) in [4.78, 5) is 14.5. The lowest BCUT2D eigenvalue weighted by Crippen LogP contribution is -2.41. The van der Waals surface area contributed by atoms with E-state index in [4.69, 9.17) is 5.73 Å². The monoisotopic (exact) mass is 324 g/mol. The quantitative estimate of drug-likeness (QED) is 0.858. The number of thiophene rings is 1. The summed E-state index contributed by atoms with van der Waals surface area (Å²) in [6.45, 7) is 2.69. The van der Waals surface area contributed by atoms with Crippen LogP contribution in [0.25, 0.3) is 0 Å². The fourth-order valence-corrected chi connectivity index (χ4v) is 2.87. The van der Waals surface area contributed by atoms with E-state index in [2.05, 4.69) is 24.4 Å². The van der Waals surface area contributed by atoms with Crippen LogP contribution in [0.15, 0.2) is 42.5 Å². The highest BCUT2D eigenvalue weighted by atomic mass is 35.5. The Kier molecular flexibility index (Phi) is 7.43. The molecule has 21 heavy (non-hydrogen) atoms. The van der Waals surface area contributed by atoms with Crippen LogP contribution in [0.2, 0.25) is 0 Å². The van der Waals surface area contributed by atoms with E-state index in [9.17, 15) is 4.79 Å². The number of halogens is 1. The second-order valence-corrected chi connectivity index (χ2v) is 5.99. The molecule has 0 radical (unpaired) electrons. The fraction of sp³-hybridized carbons (Fsp3) is 0.312. The number of benzene rings is 1. The zero-order valence-corrected chi connectivity index (χ0v) is 13.7. The summed E-state index contributed by atoms with van der Waals surface area (Å²) in [5.41, 5.74) is 7.02. The van der Waals surface area contributed by atoms with Gasteiger partial charge in [-0.25, -0.2) is 0 Å². The predicted molar refractivity (Wildman–Crippen MR) is 90.9 cm³/mol. The molecule has 1 heterocycles. The first-order chi connectivity index (χ1) is 9.69. The summed E-state index contributed by atoms with van der Waals surface area (Å²) in [6.07, 6.45) is 1.60. The van der Waals surface area contributed by atoms with Crippen LogP contribution in [-0.4, -0.2) is 11.9 Å². The van der Waals surface area contributed by atoms with Crippen LogP contribution in [0.5, 0.6) is 0 Å². The molecule has 0 bridgehead atoms. The van der Waals surface area contributed by atoms with Crippen molar-refractivity contribution in [1.29, 1.82) is 0 Å². The van der Waals surface area contributed by atoms with Gasteiger partial charge in [-0.15, -0.1) is 23.7 Å². The summed E-state index contributed by atoms with van der Waals surface area (Å²) >= 11 is 1.74. The number of nitrogens with one attached hydrogen (secondary N) is 1. The molecule has 1 atom stereocenters. The number of nitrogens with two attached hydrogens (primary N) is 1. The number of amides is 1. The van der Waals surface area contributed by atoms with E-state index >= 15 is 0 Å². The molecule has 0 saturated carbocycles. The van der Waals surface area contributed by atoms with E-state index in [1.54, 1.807) is 11.3 Å². The van der Waals surface area contributed by atoms with Gasteiger partial charge in [-0.2, -0.15) is 0 Å². The van der Waals surface area contributed by atoms with Crippen molar-refractivity contribution in [2.45, 2.75) is 32.4 Å². The van der Waals surface area contributed by atoms with Crippen LogP contribution >= 0.6 is 23.7 Å². The zero-order chi connectivity index (χ0) is 14.4. The van der Waals surface area contributed by atoms with Gasteiger partial charge in [0.15, 0.2) is 0 Å². The molecule has 2 rings (SSSR count). The molecule has 1 aromatic heterocycles. The highest BCUT2D eigenvalue weighted by Gasteiger charge is 2.13. The molecular formula is C16H21ClN2OS. The average molecular weight is 325 g/mol. The minimum absolute atomic E-state index is 0. The third-order valence-electron chi connectivity index (χ3n) is 3.14. The second kappa shape index (κ2) is 8.82. The molecule has 0 aliphatic carbocycles. The third-order valence-corrected chi connectivity index (χ3v) is 4.37. The van der Waals surface area contributed by atoms with Gasteiger partial charge in [-0.3, -0.25) is 4.79 Å². The van der Waals surface area contributed by atoms with Crippen LogP contribution in [0.1, 0.15) is 22.2 Å². The van der Waals surface area contributed by atoms with Gasteiger partial charge in [0.25, 0.3) is 0 Å². The second-order valence-electron chi connectivity index (χ2n) is 4.74. The highest BCUT2D eigenvalue weighted by Crippen LogP contribution is 2.16. The molecule has 0 spiro atoms. The average Bonchev–Trinajstić information content (AvgIpc) is 2.93. The van der Waals surface area contributed by atoms with Crippen LogP contribution in [0.3, 0.4) is 0 Å². The predicted octanol–water partition coefficient (Wildman–Crippen LogP) is 2.92. The summed E-state index contributed by atoms with van der Waals surface area (Å²) in [7, 11) is 0. The Morgan fingerprint density at radius 2 is 1.86 bits per heavy atom. The number of carbonyl (C=O) groups is 1. The molecule has 1 aromatic carbocycles. The van der Waals surface area contributed by atoms with Crippen LogP contribution < -0.4 is 11.1 Å². The van der Waals surface area contributed by atoms with E-state index in [1.807, 2.05) is 30.3 Å². The molecule has 114 valence electrons. The maximum atomic E-state index is 12.0. The van der Waals surface area contributed by atoms with Crippen LogP contribution in [0.4, 0.5) is 0 Å². The minimum Gasteiger partial charge on any atom is -0.350 e. The maximum absolute atomic E-state index is 12.0. The first-order valence-corrected chi connectivity index (χ1v) is 7.65. The van der Waals surface area contributed by atoms with Crippen LogP contribution in [0, 0.1) is 0 Å². The Morgan fingerprint density at radius 3 is 2.48 bits per heavy atom. The Hall–Kier alpha value is -1.36. The van der Waals surface area contributed by atoms with Crippen molar-refractivity contribution in [3.63, 3.8) is 0 Å². The van der Waals surface area contributed by atoms with E-state index in [0.29, 0.717) is 13.0 Å². The van der Waals surface area contributed by atoms with Crippen molar-refractivity contribution < 1.29 is 4.79 Å². The standard InChI is InChI=1S/C16H20N2OS.ClH/c1-2-13-8-9-14(20-13)11-18-16(19)15(17)10-12-6-4-3-5-7-12;/h3-9,15H,2,10-11,17H2,1H3,(H,18,19);1H/t15-;/m0./s1. The van der Waals surface area contributed by atoms with Gasteiger partial charge in [-0.1, -0.05) is 37.3 Å². The van der Waals surface area contributed by atoms with Crippen molar-refractivity contribution >= 4 is 29.7 Å². The van der Waals surface area contributed by atoms with Crippen molar-refractivity contribution in [1.82, 2.24) is 5.32 Å². The van der Waals surface area contributed by atoms with Gasteiger partial charge in [0.1, 0.15) is 0 Å². The topological polar surface area (TPSA) is 55.1 Å². The summed E-state index contributed by atoms with van der Waals surface area (Å²) < 4.78 is 0. The lowest BCUT2D eigenvalue weighted by atomic mass is 10.1. The first-order valence-electron chi connectivity index (χ1n) is 6.84. The molecule has 3 nitrogen and oxygen atoms in total. The molecular weight excluding hydrogens is 304 g/mol. The molecule has 0 aliphatic rings. The Morgan fingerprint density at radius 1 is 1.19 bits per heavy atom. The van der Waals surface area contributed by atoms with E-state index < -0.39 is 6.04 Å². The molecule has 0 fully saturated rings. The van der Waals surface area contributed by atoms with Gasteiger partial charge < -0.3 is 11.1 Å². The molecule has 3 N–H and O–H groups in total. The van der Waals surface area contributed by atoms with Gasteiger partial charge in [0.2, 0.25) is 5.91 Å². The highest BCUT2D eigenvalue weighted by molar-refractivity contribution is 7.11. The van der Waals surface area contributed by atoms with Crippen molar-refractivity contribution in [3.8, 4) is 0 Å². The molecule has 0 aliphatic heterocycles. The van der Waals surface area contributed by atoms with Gasteiger partial charge in [-0.05, 0) is 30.5 Å². The van der Waals surface area contributed by atoms with E-state index in [-0.39, 0.29) is 18.3 Å². The molecule has 5 heteroatoms. The molecule has 0 unspecified atom stereocenters. The molecule has 2 aromatic rings. The van der Waals surface area contributed by atoms with E-state index in [0.717, 1.165) is 12.0 Å². The van der Waals surface area contributed by atoms with Crippen molar-refractivity contribution in [2.24, 2.45) is 5.73 Å². The largest absolute Gasteiger partial charge is 0.350 e. The zero-order valence-electron chi connectivity index (χ0n) is 12.0. The summed E-state index contributed by atoms with van der Waals surface area (Å²) in [6, 6.07) is 13.5. The normalized spacial score (nSPS) is 11.5. The van der Waals surface area contributed by atoms with E-state index in [1.165, 1.54) is 9.75 Å².